The van der Waals surface area contributed by atoms with Crippen molar-refractivity contribution >= 4 is 23.1 Å². The number of piperidine rings is 1. The first-order chi connectivity index (χ1) is 15.2. The molecule has 0 atom stereocenters. The number of aromatic nitrogens is 2. The lowest BCUT2D eigenvalue weighted by Gasteiger charge is -2.32. The third-order valence-electron chi connectivity index (χ3n) is 5.95. The highest BCUT2D eigenvalue weighted by molar-refractivity contribution is 6.14. The normalized spacial score (nSPS) is 21.1. The number of hydrogen-bond acceptors (Lipinski definition) is 6. The molecule has 2 amide bonds. The van der Waals surface area contributed by atoms with E-state index >= 15 is 0 Å². The average molecular weight is 438 g/mol. The second-order valence-corrected chi connectivity index (χ2v) is 10.1. The van der Waals surface area contributed by atoms with Crippen LogP contribution in [0.1, 0.15) is 70.5 Å². The van der Waals surface area contributed by atoms with Crippen molar-refractivity contribution in [2.45, 2.75) is 58.8 Å². The summed E-state index contributed by atoms with van der Waals surface area (Å²) < 4.78 is 5.53. The summed E-state index contributed by atoms with van der Waals surface area (Å²) in [4.78, 5) is 30.7. The molecule has 0 bridgehead atoms. The van der Waals surface area contributed by atoms with Gasteiger partial charge in [0.25, 0.3) is 0 Å². The van der Waals surface area contributed by atoms with E-state index in [9.17, 15) is 9.59 Å². The smallest absolute Gasteiger partial charge is 0.230 e. The number of amides is 2. The Morgan fingerprint density at radius 3 is 2.56 bits per heavy atom. The van der Waals surface area contributed by atoms with Gasteiger partial charge in [0.1, 0.15) is 0 Å². The summed E-state index contributed by atoms with van der Waals surface area (Å²) in [5.41, 5.74) is 1.62. The highest BCUT2D eigenvalue weighted by atomic mass is 16.5. The van der Waals surface area contributed by atoms with Crippen molar-refractivity contribution in [1.29, 1.82) is 5.41 Å². The van der Waals surface area contributed by atoms with E-state index in [1.807, 2.05) is 11.0 Å². The van der Waals surface area contributed by atoms with Crippen molar-refractivity contribution in [1.82, 2.24) is 20.4 Å². The Bertz CT molecular complexity index is 999. The van der Waals surface area contributed by atoms with Crippen LogP contribution in [0.15, 0.2) is 34.5 Å². The van der Waals surface area contributed by atoms with Gasteiger partial charge in [0.15, 0.2) is 0 Å². The quantitative estimate of drug-likeness (QED) is 0.731. The monoisotopic (exact) mass is 437 g/mol. The van der Waals surface area contributed by atoms with E-state index in [1.54, 1.807) is 18.4 Å². The molecule has 1 aromatic rings. The van der Waals surface area contributed by atoms with Crippen LogP contribution in [-0.2, 0) is 9.59 Å². The zero-order chi connectivity index (χ0) is 22.9. The van der Waals surface area contributed by atoms with Gasteiger partial charge in [-0.2, -0.15) is 4.98 Å². The van der Waals surface area contributed by atoms with Gasteiger partial charge >= 0.3 is 0 Å². The minimum atomic E-state index is -0.0118. The first-order valence-electron chi connectivity index (χ1n) is 11.3. The van der Waals surface area contributed by atoms with Crippen LogP contribution in [0.4, 0.5) is 0 Å². The Kier molecular flexibility index (Phi) is 6.13. The fourth-order valence-corrected chi connectivity index (χ4v) is 3.89. The van der Waals surface area contributed by atoms with Gasteiger partial charge in [0.05, 0.1) is 5.71 Å². The lowest BCUT2D eigenvalue weighted by Crippen LogP contribution is -2.39. The fourth-order valence-electron chi connectivity index (χ4n) is 3.89. The van der Waals surface area contributed by atoms with E-state index in [-0.39, 0.29) is 34.8 Å². The molecule has 0 radical (unpaired) electrons. The molecule has 1 aliphatic heterocycles. The van der Waals surface area contributed by atoms with E-state index in [1.165, 1.54) is 0 Å². The van der Waals surface area contributed by atoms with Crippen molar-refractivity contribution < 1.29 is 14.1 Å². The minimum Gasteiger partial charge on any atom is -0.343 e. The van der Waals surface area contributed by atoms with Crippen LogP contribution in [0.3, 0.4) is 0 Å². The lowest BCUT2D eigenvalue weighted by molar-refractivity contribution is -0.134. The summed E-state index contributed by atoms with van der Waals surface area (Å²) in [6.07, 6.45) is 10.9. The highest BCUT2D eigenvalue weighted by Crippen LogP contribution is 2.31. The molecular weight excluding hydrogens is 406 g/mol. The zero-order valence-corrected chi connectivity index (χ0v) is 19.0. The second kappa shape index (κ2) is 8.84. The molecule has 0 spiro atoms. The summed E-state index contributed by atoms with van der Waals surface area (Å²) in [5.74, 6) is 1.52. The third kappa shape index (κ3) is 5.41. The lowest BCUT2D eigenvalue weighted by atomic mass is 9.90. The number of nitrogens with zero attached hydrogens (tertiary/aromatic N) is 3. The molecule has 2 N–H and O–H groups in total. The third-order valence-corrected chi connectivity index (χ3v) is 5.95. The molecule has 1 aromatic heterocycles. The predicted octanol–water partition coefficient (Wildman–Crippen LogP) is 3.59. The van der Waals surface area contributed by atoms with Gasteiger partial charge in [-0.25, -0.2) is 0 Å². The summed E-state index contributed by atoms with van der Waals surface area (Å²) in [6, 6.07) is 0. The van der Waals surface area contributed by atoms with Gasteiger partial charge in [-0.3, -0.25) is 9.59 Å². The number of hydrogen-bond donors (Lipinski definition) is 2. The van der Waals surface area contributed by atoms with Gasteiger partial charge in [0, 0.05) is 48.7 Å². The van der Waals surface area contributed by atoms with Crippen molar-refractivity contribution in [3.05, 3.63) is 41.7 Å². The Balaban J connectivity index is 1.33. The molecule has 170 valence electrons. The predicted molar refractivity (Wildman–Crippen MR) is 121 cm³/mol. The van der Waals surface area contributed by atoms with E-state index in [2.05, 4.69) is 36.2 Å². The maximum Gasteiger partial charge on any atom is 0.230 e. The Labute approximate surface area is 188 Å². The molecule has 32 heavy (non-hydrogen) atoms. The van der Waals surface area contributed by atoms with Gasteiger partial charge in [-0.1, -0.05) is 38.1 Å². The van der Waals surface area contributed by atoms with E-state index in [0.29, 0.717) is 42.4 Å². The van der Waals surface area contributed by atoms with Crippen LogP contribution < -0.4 is 5.32 Å². The summed E-state index contributed by atoms with van der Waals surface area (Å²) in [6.45, 7) is 7.63. The summed E-state index contributed by atoms with van der Waals surface area (Å²) in [5, 5.41) is 15.1. The second-order valence-electron chi connectivity index (χ2n) is 10.1. The van der Waals surface area contributed by atoms with Crippen LogP contribution in [-0.4, -0.2) is 45.7 Å². The molecule has 2 aliphatic carbocycles. The number of likely N-dealkylation sites (tertiary alicyclic amines) is 1. The maximum atomic E-state index is 12.5. The fraction of sp³-hybridized carbons (Fsp3) is 0.542. The van der Waals surface area contributed by atoms with E-state index in [4.69, 9.17) is 9.93 Å². The molecule has 4 rings (SSSR count). The largest absolute Gasteiger partial charge is 0.343 e. The molecule has 0 aromatic carbocycles. The van der Waals surface area contributed by atoms with Crippen LogP contribution >= 0.6 is 0 Å². The van der Waals surface area contributed by atoms with Gasteiger partial charge in [-0.15, -0.1) is 0 Å². The first-order valence-corrected chi connectivity index (χ1v) is 11.3. The van der Waals surface area contributed by atoms with E-state index < -0.39 is 0 Å². The van der Waals surface area contributed by atoms with Gasteiger partial charge < -0.3 is 20.1 Å². The van der Waals surface area contributed by atoms with Crippen molar-refractivity contribution in [2.75, 3.05) is 13.1 Å². The number of allylic oxidation sites excluding steroid dienone is 5. The SMILES string of the molecule is CC(C)(C)CC(=O)N1CCC(c2nc(C3=CC(=N)/C(=C\NC(=O)C4CC4)C=C3)no2)CC1. The number of carbonyl (C=O) groups is 2. The van der Waals surface area contributed by atoms with Crippen LogP contribution in [0.5, 0.6) is 0 Å². The molecule has 1 saturated heterocycles. The first kappa shape index (κ1) is 22.2. The molecule has 8 nitrogen and oxygen atoms in total. The van der Waals surface area contributed by atoms with Crippen LogP contribution in [0.25, 0.3) is 5.57 Å². The number of rotatable bonds is 5. The number of carbonyl (C=O) groups excluding carboxylic acids is 2. The molecule has 2 heterocycles. The average Bonchev–Trinajstić information content (AvgIpc) is 3.48. The Morgan fingerprint density at radius 2 is 1.94 bits per heavy atom. The van der Waals surface area contributed by atoms with Crippen LogP contribution in [0, 0.1) is 16.7 Å². The summed E-state index contributed by atoms with van der Waals surface area (Å²) >= 11 is 0. The van der Waals surface area contributed by atoms with Crippen molar-refractivity contribution in [3.63, 3.8) is 0 Å². The molecule has 8 heteroatoms. The van der Waals surface area contributed by atoms with Crippen LogP contribution in [0.2, 0.25) is 0 Å². The zero-order valence-electron chi connectivity index (χ0n) is 19.0. The molecule has 3 aliphatic rings. The summed E-state index contributed by atoms with van der Waals surface area (Å²) in [7, 11) is 0. The van der Waals surface area contributed by atoms with E-state index in [0.717, 1.165) is 25.7 Å². The Hall–Kier alpha value is -3.03. The van der Waals surface area contributed by atoms with Crippen molar-refractivity contribution in [2.24, 2.45) is 11.3 Å². The maximum absolute atomic E-state index is 12.5. The standard InChI is InChI=1S/C24H31N5O3/c1-24(2,3)13-20(30)29-10-8-16(9-11-29)23-27-21(28-32-23)17-6-7-18(19(25)12-17)14-26-22(31)15-4-5-15/h6-7,12,14-16,25H,4-5,8-11,13H2,1-3H3,(H,26,31)/b18-14-,25-19?. The number of nitrogens with one attached hydrogen (secondary N) is 2. The molecule has 2 fully saturated rings. The topological polar surface area (TPSA) is 112 Å². The highest BCUT2D eigenvalue weighted by Gasteiger charge is 2.30. The molecule has 0 unspecified atom stereocenters. The Morgan fingerprint density at radius 1 is 1.22 bits per heavy atom. The molecular formula is C24H31N5O3. The van der Waals surface area contributed by atoms with Gasteiger partial charge in [-0.05, 0) is 37.2 Å². The van der Waals surface area contributed by atoms with Gasteiger partial charge in [0.2, 0.25) is 23.5 Å². The van der Waals surface area contributed by atoms with Crippen molar-refractivity contribution in [3.8, 4) is 0 Å². The molecule has 1 saturated carbocycles. The minimum absolute atomic E-state index is 0.0118.